The predicted octanol–water partition coefficient (Wildman–Crippen LogP) is 2.95. The summed E-state index contributed by atoms with van der Waals surface area (Å²) in [7, 11) is 0. The highest BCUT2D eigenvalue weighted by Gasteiger charge is 2.29. The molecular formula is C25H26N6O. The maximum Gasteiger partial charge on any atom is 0.248 e. The van der Waals surface area contributed by atoms with Crippen molar-refractivity contribution in [3.63, 3.8) is 0 Å². The number of rotatable bonds is 6. The second kappa shape index (κ2) is 9.28. The average molecular weight is 427 g/mol. The van der Waals surface area contributed by atoms with Crippen molar-refractivity contribution in [2.45, 2.75) is 19.0 Å². The number of hydrogen-bond acceptors (Lipinski definition) is 5. The van der Waals surface area contributed by atoms with Gasteiger partial charge in [0.2, 0.25) is 5.91 Å². The van der Waals surface area contributed by atoms with Crippen molar-refractivity contribution in [3.05, 3.63) is 90.3 Å². The Kier molecular flexibility index (Phi) is 5.89. The highest BCUT2D eigenvalue weighted by atomic mass is 16.2. The van der Waals surface area contributed by atoms with Crippen molar-refractivity contribution in [3.8, 4) is 0 Å². The molecule has 0 spiro atoms. The molecular weight excluding hydrogens is 400 g/mol. The van der Waals surface area contributed by atoms with Crippen molar-refractivity contribution >= 4 is 16.7 Å². The van der Waals surface area contributed by atoms with Crippen LogP contribution in [-0.2, 0) is 17.8 Å². The number of hydrogen-bond donors (Lipinski definition) is 0. The van der Waals surface area contributed by atoms with E-state index in [1.165, 1.54) is 22.7 Å². The van der Waals surface area contributed by atoms with Crippen LogP contribution >= 0.6 is 0 Å². The molecule has 1 aromatic heterocycles. The minimum absolute atomic E-state index is 0.0750. The molecule has 1 unspecified atom stereocenters. The molecule has 0 radical (unpaired) electrons. The predicted molar refractivity (Wildman–Crippen MR) is 123 cm³/mol. The number of tetrazole rings is 1. The minimum Gasteiger partial charge on any atom is -0.338 e. The highest BCUT2D eigenvalue weighted by molar-refractivity contribution is 5.85. The molecule has 7 heteroatoms. The third-order valence-electron chi connectivity index (χ3n) is 6.20. The Balaban J connectivity index is 1.26. The maximum atomic E-state index is 13.4. The standard InChI is InChI=1S/C25H26N6O/c32-25(24(31-19-26-27-28-31)17-20-7-2-1-3-8-20)30-15-13-29(14-16-30)18-22-11-6-10-21-9-4-5-12-23(21)22/h1-12,19,24H,13-18H2. The summed E-state index contributed by atoms with van der Waals surface area (Å²) in [5.74, 6) is 0.0750. The summed E-state index contributed by atoms with van der Waals surface area (Å²) in [6.45, 7) is 4.00. The zero-order chi connectivity index (χ0) is 21.8. The summed E-state index contributed by atoms with van der Waals surface area (Å²) in [5.41, 5.74) is 2.43. The molecule has 0 N–H and O–H groups in total. The van der Waals surface area contributed by atoms with E-state index in [-0.39, 0.29) is 5.91 Å². The summed E-state index contributed by atoms with van der Waals surface area (Å²) < 4.78 is 1.58. The van der Waals surface area contributed by atoms with E-state index in [1.54, 1.807) is 4.68 Å². The molecule has 7 nitrogen and oxygen atoms in total. The Morgan fingerprint density at radius 2 is 1.62 bits per heavy atom. The fourth-order valence-corrected chi connectivity index (χ4v) is 4.45. The van der Waals surface area contributed by atoms with Crippen LogP contribution in [0.1, 0.15) is 17.2 Å². The molecule has 1 aliphatic heterocycles. The highest BCUT2D eigenvalue weighted by Crippen LogP contribution is 2.22. The molecule has 0 bridgehead atoms. The number of piperazine rings is 1. The van der Waals surface area contributed by atoms with E-state index < -0.39 is 6.04 Å². The Bertz CT molecular complexity index is 1160. The lowest BCUT2D eigenvalue weighted by Crippen LogP contribution is -2.50. The van der Waals surface area contributed by atoms with E-state index in [4.69, 9.17) is 0 Å². The summed E-state index contributed by atoms with van der Waals surface area (Å²) >= 11 is 0. The van der Waals surface area contributed by atoms with Gasteiger partial charge in [0.15, 0.2) is 0 Å². The third kappa shape index (κ3) is 4.38. The van der Waals surface area contributed by atoms with Crippen LogP contribution in [0.4, 0.5) is 0 Å². The second-order valence-electron chi connectivity index (χ2n) is 8.24. The number of carbonyl (C=O) groups is 1. The van der Waals surface area contributed by atoms with E-state index in [9.17, 15) is 4.79 Å². The zero-order valence-corrected chi connectivity index (χ0v) is 17.9. The SMILES string of the molecule is O=C(C(Cc1ccccc1)n1cnnn1)N1CCN(Cc2cccc3ccccc23)CC1. The van der Waals surface area contributed by atoms with Gasteiger partial charge in [-0.3, -0.25) is 9.69 Å². The van der Waals surface area contributed by atoms with E-state index >= 15 is 0 Å². The summed E-state index contributed by atoms with van der Waals surface area (Å²) in [6.07, 6.45) is 2.10. The van der Waals surface area contributed by atoms with Crippen LogP contribution in [0.2, 0.25) is 0 Å². The van der Waals surface area contributed by atoms with Gasteiger partial charge in [-0.05, 0) is 32.3 Å². The smallest absolute Gasteiger partial charge is 0.248 e. The normalized spacial score (nSPS) is 15.7. The fraction of sp³-hybridized carbons (Fsp3) is 0.280. The Labute approximate surface area is 187 Å². The molecule has 4 aromatic rings. The van der Waals surface area contributed by atoms with E-state index in [0.717, 1.165) is 25.2 Å². The molecule has 3 aromatic carbocycles. The topological polar surface area (TPSA) is 67.2 Å². The van der Waals surface area contributed by atoms with Gasteiger partial charge in [-0.1, -0.05) is 72.8 Å². The van der Waals surface area contributed by atoms with Gasteiger partial charge in [-0.15, -0.1) is 5.10 Å². The van der Waals surface area contributed by atoms with Gasteiger partial charge < -0.3 is 4.90 Å². The molecule has 32 heavy (non-hydrogen) atoms. The van der Waals surface area contributed by atoms with Gasteiger partial charge in [0.05, 0.1) is 0 Å². The molecule has 1 fully saturated rings. The molecule has 0 saturated carbocycles. The van der Waals surface area contributed by atoms with Gasteiger partial charge in [0, 0.05) is 39.1 Å². The van der Waals surface area contributed by atoms with Gasteiger partial charge >= 0.3 is 0 Å². The Hall–Kier alpha value is -3.58. The van der Waals surface area contributed by atoms with E-state index in [2.05, 4.69) is 62.9 Å². The van der Waals surface area contributed by atoms with Crippen LogP contribution in [0.5, 0.6) is 0 Å². The van der Waals surface area contributed by atoms with Crippen molar-refractivity contribution in [1.82, 2.24) is 30.0 Å². The first kappa shape index (κ1) is 20.3. The largest absolute Gasteiger partial charge is 0.338 e. The number of benzene rings is 3. The minimum atomic E-state index is -0.433. The number of aromatic nitrogens is 4. The van der Waals surface area contributed by atoms with Crippen LogP contribution in [0.3, 0.4) is 0 Å². The molecule has 2 heterocycles. The number of carbonyl (C=O) groups excluding carboxylic acids is 1. The number of amides is 1. The van der Waals surface area contributed by atoms with Crippen molar-refractivity contribution in [2.75, 3.05) is 26.2 Å². The average Bonchev–Trinajstić information content (AvgIpc) is 3.38. The quantitative estimate of drug-likeness (QED) is 0.474. The van der Waals surface area contributed by atoms with Crippen LogP contribution < -0.4 is 0 Å². The Morgan fingerprint density at radius 1 is 0.875 bits per heavy atom. The van der Waals surface area contributed by atoms with Crippen molar-refractivity contribution in [1.29, 1.82) is 0 Å². The number of nitrogens with zero attached hydrogens (tertiary/aromatic N) is 6. The monoisotopic (exact) mass is 426 g/mol. The van der Waals surface area contributed by atoms with Crippen LogP contribution in [0.25, 0.3) is 10.8 Å². The van der Waals surface area contributed by atoms with Crippen LogP contribution in [0, 0.1) is 0 Å². The van der Waals surface area contributed by atoms with E-state index in [1.807, 2.05) is 35.2 Å². The molecule has 1 atom stereocenters. The second-order valence-corrected chi connectivity index (χ2v) is 8.24. The molecule has 1 aliphatic rings. The molecule has 1 amide bonds. The molecule has 1 saturated heterocycles. The lowest BCUT2D eigenvalue weighted by Gasteiger charge is -2.36. The van der Waals surface area contributed by atoms with Crippen molar-refractivity contribution < 1.29 is 4.79 Å². The molecule has 0 aliphatic carbocycles. The van der Waals surface area contributed by atoms with E-state index in [0.29, 0.717) is 19.5 Å². The lowest BCUT2D eigenvalue weighted by molar-refractivity contribution is -0.137. The van der Waals surface area contributed by atoms with Gasteiger partial charge in [0.1, 0.15) is 12.4 Å². The third-order valence-corrected chi connectivity index (χ3v) is 6.20. The van der Waals surface area contributed by atoms with Crippen molar-refractivity contribution in [2.24, 2.45) is 0 Å². The Morgan fingerprint density at radius 3 is 2.41 bits per heavy atom. The summed E-state index contributed by atoms with van der Waals surface area (Å²) in [6, 6.07) is 24.6. The first-order valence-electron chi connectivity index (χ1n) is 11.0. The summed E-state index contributed by atoms with van der Waals surface area (Å²) in [4.78, 5) is 17.8. The van der Waals surface area contributed by atoms with Crippen LogP contribution in [-0.4, -0.2) is 62.1 Å². The fourth-order valence-electron chi connectivity index (χ4n) is 4.45. The molecule has 162 valence electrons. The van der Waals surface area contributed by atoms with Gasteiger partial charge in [-0.25, -0.2) is 4.68 Å². The zero-order valence-electron chi connectivity index (χ0n) is 17.9. The summed E-state index contributed by atoms with van der Waals surface area (Å²) in [5, 5.41) is 14.1. The first-order valence-corrected chi connectivity index (χ1v) is 11.0. The van der Waals surface area contributed by atoms with Gasteiger partial charge in [0.25, 0.3) is 0 Å². The maximum absolute atomic E-state index is 13.4. The number of fused-ring (bicyclic) bond motifs is 1. The lowest BCUT2D eigenvalue weighted by atomic mass is 10.0. The van der Waals surface area contributed by atoms with Gasteiger partial charge in [-0.2, -0.15) is 0 Å². The molecule has 5 rings (SSSR count). The first-order chi connectivity index (χ1) is 15.8. The van der Waals surface area contributed by atoms with Crippen LogP contribution in [0.15, 0.2) is 79.1 Å².